The van der Waals surface area contributed by atoms with Crippen molar-refractivity contribution >= 4 is 12.0 Å². The Labute approximate surface area is 134 Å². The van der Waals surface area contributed by atoms with Gasteiger partial charge in [-0.15, -0.1) is 0 Å². The molecule has 0 amide bonds. The highest BCUT2D eigenvalue weighted by atomic mass is 16.5. The maximum absolute atomic E-state index is 10.7. The van der Waals surface area contributed by atoms with Crippen LogP contribution in [0.2, 0.25) is 0 Å². The van der Waals surface area contributed by atoms with Crippen molar-refractivity contribution in [2.24, 2.45) is 0 Å². The van der Waals surface area contributed by atoms with Crippen LogP contribution in [-0.4, -0.2) is 12.6 Å². The van der Waals surface area contributed by atoms with E-state index in [4.69, 9.17) is 4.74 Å². The maximum Gasteiger partial charge on any atom is 0.333 e. The van der Waals surface area contributed by atoms with Gasteiger partial charge in [-0.1, -0.05) is 87.2 Å². The first-order valence-electron chi connectivity index (χ1n) is 7.45. The third-order valence-corrected chi connectivity index (χ3v) is 2.53. The minimum Gasteiger partial charge on any atom is -0.462 e. The molecule has 0 aromatic heterocycles. The van der Waals surface area contributed by atoms with Crippen molar-refractivity contribution in [3.05, 3.63) is 78.9 Å². The zero-order valence-electron chi connectivity index (χ0n) is 13.6. The van der Waals surface area contributed by atoms with E-state index in [9.17, 15) is 4.79 Å². The minimum atomic E-state index is -0.284. The molecule has 0 spiro atoms. The van der Waals surface area contributed by atoms with E-state index in [0.29, 0.717) is 12.2 Å². The first kappa shape index (κ1) is 19.7. The number of esters is 1. The molecule has 0 aliphatic heterocycles. The lowest BCUT2D eigenvalue weighted by Crippen LogP contribution is -2.05. The molecule has 0 radical (unpaired) electrons. The fraction of sp³-hybridized carbons (Fsp3) is 0.250. The van der Waals surface area contributed by atoms with Gasteiger partial charge in [-0.25, -0.2) is 4.79 Å². The van der Waals surface area contributed by atoms with Gasteiger partial charge in [0.05, 0.1) is 6.61 Å². The quantitative estimate of drug-likeness (QED) is 0.293. The number of benzene rings is 1. The van der Waals surface area contributed by atoms with Gasteiger partial charge in [-0.2, -0.15) is 0 Å². The van der Waals surface area contributed by atoms with E-state index >= 15 is 0 Å². The number of allylic oxidation sites excluding steroid dienone is 4. The second-order valence-corrected chi connectivity index (χ2v) is 4.66. The summed E-state index contributed by atoms with van der Waals surface area (Å²) in [5.41, 5.74) is 1.68. The largest absolute Gasteiger partial charge is 0.462 e. The molecule has 0 heterocycles. The van der Waals surface area contributed by atoms with Gasteiger partial charge in [0.15, 0.2) is 0 Å². The van der Waals surface area contributed by atoms with Crippen LogP contribution in [-0.2, 0) is 9.53 Å². The van der Waals surface area contributed by atoms with Crippen molar-refractivity contribution in [2.75, 3.05) is 6.61 Å². The SMILES string of the molecule is C=C(C)C(=O)OCCCC.C=CC=CC=Cc1ccccc1. The van der Waals surface area contributed by atoms with Gasteiger partial charge in [0.25, 0.3) is 0 Å². The van der Waals surface area contributed by atoms with Gasteiger partial charge in [0.1, 0.15) is 0 Å². The Kier molecular flexibility index (Phi) is 12.2. The molecule has 22 heavy (non-hydrogen) atoms. The van der Waals surface area contributed by atoms with E-state index in [1.54, 1.807) is 13.0 Å². The molecule has 0 fully saturated rings. The molecule has 1 aromatic rings. The predicted octanol–water partition coefficient (Wildman–Crippen LogP) is 5.35. The lowest BCUT2D eigenvalue weighted by atomic mass is 10.2. The van der Waals surface area contributed by atoms with Crippen LogP contribution in [0.4, 0.5) is 0 Å². The molecule has 2 heteroatoms. The molecule has 0 saturated heterocycles. The topological polar surface area (TPSA) is 26.3 Å². The Bertz CT molecular complexity index is 496. The first-order chi connectivity index (χ1) is 10.6. The van der Waals surface area contributed by atoms with Crippen LogP contribution in [0.15, 0.2) is 73.4 Å². The van der Waals surface area contributed by atoms with Crippen LogP contribution in [0.3, 0.4) is 0 Å². The lowest BCUT2D eigenvalue weighted by Gasteiger charge is -2.01. The van der Waals surface area contributed by atoms with Crippen LogP contribution in [0.5, 0.6) is 0 Å². The molecule has 0 saturated carbocycles. The maximum atomic E-state index is 10.7. The van der Waals surface area contributed by atoms with E-state index in [1.807, 2.05) is 36.4 Å². The number of hydrogen-bond acceptors (Lipinski definition) is 2. The number of rotatable bonds is 7. The van der Waals surface area contributed by atoms with Crippen molar-refractivity contribution in [1.82, 2.24) is 0 Å². The third-order valence-electron chi connectivity index (χ3n) is 2.53. The number of carbonyl (C=O) groups excluding carboxylic acids is 1. The van der Waals surface area contributed by atoms with Crippen molar-refractivity contribution in [3.63, 3.8) is 0 Å². The summed E-state index contributed by atoms with van der Waals surface area (Å²) in [6, 6.07) is 10.2. The highest BCUT2D eigenvalue weighted by Crippen LogP contribution is 2.00. The molecule has 0 atom stereocenters. The monoisotopic (exact) mass is 298 g/mol. The molecule has 118 valence electrons. The molecule has 0 unspecified atom stereocenters. The molecule has 0 N–H and O–H groups in total. The molecule has 2 nitrogen and oxygen atoms in total. The predicted molar refractivity (Wildman–Crippen MR) is 95.5 cm³/mol. The Morgan fingerprint density at radius 1 is 1.18 bits per heavy atom. The van der Waals surface area contributed by atoms with Crippen LogP contribution in [0, 0.1) is 0 Å². The minimum absolute atomic E-state index is 0.284. The van der Waals surface area contributed by atoms with Gasteiger partial charge < -0.3 is 4.74 Å². The Balaban J connectivity index is 0.000000409. The number of unbranched alkanes of at least 4 members (excludes halogenated alkanes) is 1. The van der Waals surface area contributed by atoms with Gasteiger partial charge in [0, 0.05) is 5.57 Å². The van der Waals surface area contributed by atoms with E-state index in [0.717, 1.165) is 12.8 Å². The number of carbonyl (C=O) groups is 1. The summed E-state index contributed by atoms with van der Waals surface area (Å²) in [6.07, 6.45) is 11.6. The fourth-order valence-corrected chi connectivity index (χ4v) is 1.31. The molecule has 1 rings (SSSR count). The summed E-state index contributed by atoms with van der Waals surface area (Å²) in [5.74, 6) is -0.284. The molecule has 1 aromatic carbocycles. The lowest BCUT2D eigenvalue weighted by molar-refractivity contribution is -0.139. The average Bonchev–Trinajstić information content (AvgIpc) is 2.53. The second kappa shape index (κ2) is 13.6. The van der Waals surface area contributed by atoms with E-state index in [1.165, 1.54) is 5.56 Å². The van der Waals surface area contributed by atoms with Crippen LogP contribution >= 0.6 is 0 Å². The first-order valence-corrected chi connectivity index (χ1v) is 7.45. The molecule has 0 aliphatic carbocycles. The molecule has 0 bridgehead atoms. The summed E-state index contributed by atoms with van der Waals surface area (Å²) >= 11 is 0. The van der Waals surface area contributed by atoms with Crippen LogP contribution in [0.1, 0.15) is 32.3 Å². The number of ether oxygens (including phenoxy) is 1. The Morgan fingerprint density at radius 3 is 2.41 bits per heavy atom. The van der Waals surface area contributed by atoms with Crippen molar-refractivity contribution < 1.29 is 9.53 Å². The van der Waals surface area contributed by atoms with Gasteiger partial charge in [-0.05, 0) is 18.9 Å². The number of hydrogen-bond donors (Lipinski definition) is 0. The second-order valence-electron chi connectivity index (χ2n) is 4.66. The van der Waals surface area contributed by atoms with E-state index in [2.05, 4.69) is 38.3 Å². The summed E-state index contributed by atoms with van der Waals surface area (Å²) in [4.78, 5) is 10.7. The van der Waals surface area contributed by atoms with Gasteiger partial charge in [-0.3, -0.25) is 0 Å². The van der Waals surface area contributed by atoms with Gasteiger partial charge in [0.2, 0.25) is 0 Å². The molecular weight excluding hydrogens is 272 g/mol. The highest BCUT2D eigenvalue weighted by molar-refractivity contribution is 5.86. The summed E-state index contributed by atoms with van der Waals surface area (Å²) < 4.78 is 4.81. The van der Waals surface area contributed by atoms with Crippen molar-refractivity contribution in [3.8, 4) is 0 Å². The van der Waals surface area contributed by atoms with E-state index in [-0.39, 0.29) is 5.97 Å². The Morgan fingerprint density at radius 2 is 1.86 bits per heavy atom. The normalized spacial score (nSPS) is 10.1. The molecule has 0 aliphatic rings. The summed E-state index contributed by atoms with van der Waals surface area (Å²) in [6.45, 7) is 11.3. The highest BCUT2D eigenvalue weighted by Gasteiger charge is 2.00. The van der Waals surface area contributed by atoms with Crippen LogP contribution < -0.4 is 0 Å². The third kappa shape index (κ3) is 11.5. The Hall–Kier alpha value is -2.35. The van der Waals surface area contributed by atoms with Crippen molar-refractivity contribution in [2.45, 2.75) is 26.7 Å². The average molecular weight is 298 g/mol. The van der Waals surface area contributed by atoms with Crippen LogP contribution in [0.25, 0.3) is 6.08 Å². The standard InChI is InChI=1S/C12H12.C8H14O2/c1-2-3-4-6-9-12-10-7-5-8-11-12;1-4-5-6-10-8(9)7(2)3/h2-11H,1H2;2,4-6H2,1,3H3. The van der Waals surface area contributed by atoms with E-state index < -0.39 is 0 Å². The smallest absolute Gasteiger partial charge is 0.333 e. The zero-order chi connectivity index (χ0) is 16.6. The summed E-state index contributed by atoms with van der Waals surface area (Å²) in [7, 11) is 0. The van der Waals surface area contributed by atoms with Gasteiger partial charge >= 0.3 is 5.97 Å². The van der Waals surface area contributed by atoms with Crippen molar-refractivity contribution in [1.29, 1.82) is 0 Å². The summed E-state index contributed by atoms with van der Waals surface area (Å²) in [5, 5.41) is 0. The fourth-order valence-electron chi connectivity index (χ4n) is 1.31. The zero-order valence-corrected chi connectivity index (χ0v) is 13.6. The molecular formula is C20H26O2.